The predicted molar refractivity (Wildman–Crippen MR) is 134 cm³/mol. The van der Waals surface area contributed by atoms with Crippen LogP contribution >= 0.6 is 24.0 Å². The number of hydrogen-bond donors (Lipinski definition) is 2. The van der Waals surface area contributed by atoms with Crippen LogP contribution in [0.25, 0.3) is 0 Å². The van der Waals surface area contributed by atoms with E-state index in [9.17, 15) is 0 Å². The maximum Gasteiger partial charge on any atom is 0.191 e. The number of benzene rings is 1. The summed E-state index contributed by atoms with van der Waals surface area (Å²) in [5.41, 5.74) is 2.86. The molecule has 2 saturated heterocycles. The third-order valence-corrected chi connectivity index (χ3v) is 6.47. The fourth-order valence-corrected chi connectivity index (χ4v) is 4.57. The van der Waals surface area contributed by atoms with Gasteiger partial charge in [0.1, 0.15) is 0 Å². The zero-order chi connectivity index (χ0) is 19.8. The Labute approximate surface area is 194 Å². The van der Waals surface area contributed by atoms with Gasteiger partial charge < -0.3 is 10.6 Å². The highest BCUT2D eigenvalue weighted by molar-refractivity contribution is 14.0. The number of aliphatic imine (C=N–C) groups is 1. The third-order valence-electron chi connectivity index (χ3n) is 6.47. The molecule has 1 aromatic rings. The fourth-order valence-electron chi connectivity index (χ4n) is 4.57. The minimum absolute atomic E-state index is 0. The number of guanidine groups is 1. The first kappa shape index (κ1) is 24.4. The van der Waals surface area contributed by atoms with Crippen LogP contribution in [0.1, 0.15) is 50.2 Å². The molecule has 1 aromatic carbocycles. The standard InChI is InChI=1S/C23H39N5.HI/c1-4-28-14-8-7-11-22(28)17-25-23(24-3)26-21-12-15-27(16-13-21)18-20-10-6-5-9-19(20)2;/h5-6,9-10,21-22H,4,7-8,11-18H2,1-3H3,(H2,24,25,26);1H. The lowest BCUT2D eigenvalue weighted by atomic mass is 10.0. The van der Waals surface area contributed by atoms with E-state index in [-0.39, 0.29) is 24.0 Å². The van der Waals surface area contributed by atoms with Crippen molar-refractivity contribution in [3.05, 3.63) is 35.4 Å². The normalized spacial score (nSPS) is 22.2. The highest BCUT2D eigenvalue weighted by atomic mass is 127. The molecule has 29 heavy (non-hydrogen) atoms. The minimum atomic E-state index is 0. The van der Waals surface area contributed by atoms with Crippen molar-refractivity contribution >= 4 is 29.9 Å². The van der Waals surface area contributed by atoms with Crippen LogP contribution in [0.15, 0.2) is 29.3 Å². The van der Waals surface area contributed by atoms with Crippen LogP contribution in [0.2, 0.25) is 0 Å². The van der Waals surface area contributed by atoms with E-state index in [1.54, 1.807) is 0 Å². The van der Waals surface area contributed by atoms with E-state index < -0.39 is 0 Å². The van der Waals surface area contributed by atoms with Gasteiger partial charge in [0.05, 0.1) is 0 Å². The van der Waals surface area contributed by atoms with Gasteiger partial charge in [-0.3, -0.25) is 14.8 Å². The molecule has 0 aromatic heterocycles. The molecule has 0 saturated carbocycles. The Balaban J connectivity index is 0.00000300. The second-order valence-electron chi connectivity index (χ2n) is 8.35. The maximum atomic E-state index is 4.48. The number of halogens is 1. The molecule has 0 spiro atoms. The zero-order valence-corrected chi connectivity index (χ0v) is 20.8. The van der Waals surface area contributed by atoms with Crippen molar-refractivity contribution in [3.63, 3.8) is 0 Å². The summed E-state index contributed by atoms with van der Waals surface area (Å²) >= 11 is 0. The van der Waals surface area contributed by atoms with Crippen molar-refractivity contribution in [2.75, 3.05) is 39.8 Å². The Kier molecular flexibility index (Phi) is 10.7. The van der Waals surface area contributed by atoms with Crippen molar-refractivity contribution in [1.29, 1.82) is 0 Å². The van der Waals surface area contributed by atoms with E-state index in [0.29, 0.717) is 12.1 Å². The highest BCUT2D eigenvalue weighted by Gasteiger charge is 2.23. The molecule has 5 nitrogen and oxygen atoms in total. The molecular formula is C23H40IN5. The van der Waals surface area contributed by atoms with Gasteiger partial charge in [-0.25, -0.2) is 0 Å². The molecule has 2 aliphatic rings. The van der Waals surface area contributed by atoms with Gasteiger partial charge in [0.25, 0.3) is 0 Å². The summed E-state index contributed by atoms with van der Waals surface area (Å²) in [6.07, 6.45) is 6.36. The largest absolute Gasteiger partial charge is 0.355 e. The fraction of sp³-hybridized carbons (Fsp3) is 0.696. The summed E-state index contributed by atoms with van der Waals surface area (Å²) in [6.45, 7) is 11.2. The molecule has 2 aliphatic heterocycles. The Morgan fingerprint density at radius 3 is 2.55 bits per heavy atom. The Morgan fingerprint density at radius 2 is 1.86 bits per heavy atom. The van der Waals surface area contributed by atoms with Crippen LogP contribution in [0, 0.1) is 6.92 Å². The number of likely N-dealkylation sites (N-methyl/N-ethyl adjacent to an activating group) is 1. The predicted octanol–water partition coefficient (Wildman–Crippen LogP) is 3.62. The van der Waals surface area contributed by atoms with Crippen LogP contribution in [0.4, 0.5) is 0 Å². The molecule has 0 aliphatic carbocycles. The minimum Gasteiger partial charge on any atom is -0.355 e. The number of nitrogens with zero attached hydrogens (tertiary/aromatic N) is 3. The van der Waals surface area contributed by atoms with Gasteiger partial charge in [-0.1, -0.05) is 37.6 Å². The number of likely N-dealkylation sites (tertiary alicyclic amines) is 2. The average molecular weight is 514 g/mol. The van der Waals surface area contributed by atoms with Crippen LogP contribution in [-0.2, 0) is 6.54 Å². The van der Waals surface area contributed by atoms with E-state index in [1.807, 2.05) is 7.05 Å². The first-order valence-corrected chi connectivity index (χ1v) is 11.2. The van der Waals surface area contributed by atoms with E-state index in [4.69, 9.17) is 0 Å². The summed E-state index contributed by atoms with van der Waals surface area (Å²) in [5.74, 6) is 0.971. The first-order chi connectivity index (χ1) is 13.7. The molecule has 0 bridgehead atoms. The SMILES string of the molecule is CCN1CCCCC1CNC(=NC)NC1CCN(Cc2ccccc2C)CC1.I. The van der Waals surface area contributed by atoms with Crippen LogP contribution in [0.3, 0.4) is 0 Å². The third kappa shape index (κ3) is 7.40. The van der Waals surface area contributed by atoms with Crippen molar-refractivity contribution in [2.45, 2.75) is 64.6 Å². The summed E-state index contributed by atoms with van der Waals surface area (Å²) in [7, 11) is 1.89. The number of hydrogen-bond acceptors (Lipinski definition) is 3. The molecule has 0 radical (unpaired) electrons. The maximum absolute atomic E-state index is 4.48. The molecule has 2 fully saturated rings. The Hall–Kier alpha value is -0.860. The first-order valence-electron chi connectivity index (χ1n) is 11.2. The number of aryl methyl sites for hydroxylation is 1. The highest BCUT2D eigenvalue weighted by Crippen LogP contribution is 2.17. The van der Waals surface area contributed by atoms with Gasteiger partial charge in [-0.15, -0.1) is 24.0 Å². The summed E-state index contributed by atoms with van der Waals surface area (Å²) in [6, 6.07) is 9.92. The Bertz CT molecular complexity index is 627. The van der Waals surface area contributed by atoms with Gasteiger partial charge in [0, 0.05) is 45.3 Å². The second-order valence-corrected chi connectivity index (χ2v) is 8.35. The van der Waals surface area contributed by atoms with Gasteiger partial charge in [0.15, 0.2) is 5.96 Å². The molecule has 2 heterocycles. The lowest BCUT2D eigenvalue weighted by Gasteiger charge is -2.36. The quantitative estimate of drug-likeness (QED) is 0.347. The average Bonchev–Trinajstić information content (AvgIpc) is 2.74. The van der Waals surface area contributed by atoms with Crippen molar-refractivity contribution in [1.82, 2.24) is 20.4 Å². The van der Waals surface area contributed by atoms with Gasteiger partial charge >= 0.3 is 0 Å². The topological polar surface area (TPSA) is 42.9 Å². The van der Waals surface area contributed by atoms with E-state index >= 15 is 0 Å². The number of nitrogens with one attached hydrogen (secondary N) is 2. The van der Waals surface area contributed by atoms with Crippen molar-refractivity contribution in [3.8, 4) is 0 Å². The van der Waals surface area contributed by atoms with Crippen LogP contribution in [-0.4, -0.2) is 67.6 Å². The summed E-state index contributed by atoms with van der Waals surface area (Å²) < 4.78 is 0. The molecule has 1 atom stereocenters. The molecule has 2 N–H and O–H groups in total. The van der Waals surface area contributed by atoms with E-state index in [0.717, 1.165) is 38.7 Å². The van der Waals surface area contributed by atoms with Gasteiger partial charge in [-0.2, -0.15) is 0 Å². The summed E-state index contributed by atoms with van der Waals surface area (Å²) in [5, 5.41) is 7.26. The van der Waals surface area contributed by atoms with Crippen LogP contribution in [0.5, 0.6) is 0 Å². The molecule has 6 heteroatoms. The van der Waals surface area contributed by atoms with Gasteiger partial charge in [0.2, 0.25) is 0 Å². The van der Waals surface area contributed by atoms with E-state index in [1.165, 1.54) is 49.8 Å². The lowest BCUT2D eigenvalue weighted by molar-refractivity contribution is 0.157. The van der Waals surface area contributed by atoms with Gasteiger partial charge in [-0.05, 0) is 56.8 Å². The molecule has 0 amide bonds. The second kappa shape index (κ2) is 12.7. The smallest absolute Gasteiger partial charge is 0.191 e. The molecule has 1 unspecified atom stereocenters. The number of piperidine rings is 2. The Morgan fingerprint density at radius 1 is 1.10 bits per heavy atom. The molecular weight excluding hydrogens is 473 g/mol. The number of rotatable bonds is 6. The van der Waals surface area contributed by atoms with Crippen molar-refractivity contribution < 1.29 is 0 Å². The van der Waals surface area contributed by atoms with Crippen molar-refractivity contribution in [2.24, 2.45) is 4.99 Å². The molecule has 164 valence electrons. The monoisotopic (exact) mass is 513 g/mol. The van der Waals surface area contributed by atoms with Crippen LogP contribution < -0.4 is 10.6 Å². The molecule has 3 rings (SSSR count). The van der Waals surface area contributed by atoms with E-state index in [2.05, 4.69) is 63.5 Å². The summed E-state index contributed by atoms with van der Waals surface area (Å²) in [4.78, 5) is 9.66. The lowest BCUT2D eigenvalue weighted by Crippen LogP contribution is -2.52. The zero-order valence-electron chi connectivity index (χ0n) is 18.5.